The summed E-state index contributed by atoms with van der Waals surface area (Å²) < 4.78 is 1.03. The van der Waals surface area contributed by atoms with Gasteiger partial charge in [-0.3, -0.25) is 9.69 Å². The molecule has 0 aliphatic carbocycles. The van der Waals surface area contributed by atoms with E-state index in [1.807, 2.05) is 6.92 Å². The van der Waals surface area contributed by atoms with Crippen LogP contribution in [0.3, 0.4) is 0 Å². The molecule has 1 spiro atoms. The number of benzene rings is 1. The summed E-state index contributed by atoms with van der Waals surface area (Å²) in [7, 11) is 0. The van der Waals surface area contributed by atoms with Gasteiger partial charge < -0.3 is 4.90 Å². The number of carbonyl (C=O) groups is 1. The maximum Gasteiger partial charge on any atom is 0.227 e. The van der Waals surface area contributed by atoms with Crippen LogP contribution in [0.5, 0.6) is 0 Å². The van der Waals surface area contributed by atoms with Crippen LogP contribution in [-0.2, 0) is 11.3 Å². The smallest absolute Gasteiger partial charge is 0.227 e. The van der Waals surface area contributed by atoms with E-state index in [4.69, 9.17) is 0 Å². The molecule has 3 rings (SSSR count). The van der Waals surface area contributed by atoms with Crippen molar-refractivity contribution in [2.45, 2.75) is 20.4 Å². The van der Waals surface area contributed by atoms with E-state index < -0.39 is 0 Å². The Morgan fingerprint density at radius 3 is 2.67 bits per heavy atom. The second-order valence-electron chi connectivity index (χ2n) is 6.85. The number of hydrazone groups is 1. The van der Waals surface area contributed by atoms with Gasteiger partial charge in [0.2, 0.25) is 6.41 Å². The van der Waals surface area contributed by atoms with Crippen molar-refractivity contribution in [1.82, 2.24) is 15.2 Å². The molecule has 2 aliphatic heterocycles. The third-order valence-corrected chi connectivity index (χ3v) is 5.24. The lowest BCUT2D eigenvalue weighted by atomic mass is 9.72. The summed E-state index contributed by atoms with van der Waals surface area (Å²) in [5, 5.41) is 3.90. The SMILES string of the molecule is C/C(Br)=C(\C=N/NC=O)N1CC2(CN(Cc3ccccc3C)C2)C1. The average molecular weight is 391 g/mol. The molecule has 1 aromatic rings. The Morgan fingerprint density at radius 2 is 2.04 bits per heavy atom. The summed E-state index contributed by atoms with van der Waals surface area (Å²) in [5.74, 6) is 0. The van der Waals surface area contributed by atoms with Crippen LogP contribution in [-0.4, -0.2) is 48.6 Å². The fraction of sp³-hybridized carbons (Fsp3) is 0.444. The van der Waals surface area contributed by atoms with Gasteiger partial charge in [0.05, 0.1) is 11.9 Å². The molecule has 128 valence electrons. The molecule has 0 atom stereocenters. The summed E-state index contributed by atoms with van der Waals surface area (Å²) in [4.78, 5) is 15.1. The minimum atomic E-state index is 0.419. The number of hydrogen-bond acceptors (Lipinski definition) is 4. The standard InChI is InChI=1S/C18H23BrN4O/c1-14-5-3-4-6-16(14)8-22-9-18(10-22)11-23(12-18)17(15(2)19)7-20-21-13-24/h3-7,13H,8-12H2,1-2H3,(H,21,24)/b17-15-,20-7-. The van der Waals surface area contributed by atoms with Gasteiger partial charge in [-0.2, -0.15) is 5.10 Å². The lowest BCUT2D eigenvalue weighted by molar-refractivity contribution is -0.109. The van der Waals surface area contributed by atoms with Crippen molar-refractivity contribution >= 4 is 28.6 Å². The van der Waals surface area contributed by atoms with E-state index in [1.54, 1.807) is 6.21 Å². The zero-order valence-corrected chi connectivity index (χ0v) is 15.7. The molecule has 6 heteroatoms. The molecule has 0 bridgehead atoms. The number of halogens is 1. The third-order valence-electron chi connectivity index (χ3n) is 4.83. The van der Waals surface area contributed by atoms with Gasteiger partial charge in [0.1, 0.15) is 0 Å². The molecule has 24 heavy (non-hydrogen) atoms. The molecule has 1 aromatic carbocycles. The summed E-state index contributed by atoms with van der Waals surface area (Å²) in [6.07, 6.45) is 2.28. The molecule has 0 unspecified atom stereocenters. The summed E-state index contributed by atoms with van der Waals surface area (Å²) in [6, 6.07) is 8.61. The topological polar surface area (TPSA) is 47.9 Å². The highest BCUT2D eigenvalue weighted by molar-refractivity contribution is 9.11. The molecular weight excluding hydrogens is 368 g/mol. The van der Waals surface area contributed by atoms with Crippen molar-refractivity contribution in [2.75, 3.05) is 26.2 Å². The fourth-order valence-corrected chi connectivity index (χ4v) is 4.05. The van der Waals surface area contributed by atoms with E-state index in [9.17, 15) is 4.79 Å². The van der Waals surface area contributed by atoms with Gasteiger partial charge in [-0.25, -0.2) is 5.43 Å². The van der Waals surface area contributed by atoms with Gasteiger partial charge in [-0.1, -0.05) is 40.2 Å². The Morgan fingerprint density at radius 1 is 1.33 bits per heavy atom. The van der Waals surface area contributed by atoms with E-state index in [0.29, 0.717) is 11.8 Å². The lowest BCUT2D eigenvalue weighted by Gasteiger charge is -2.61. The van der Waals surface area contributed by atoms with E-state index >= 15 is 0 Å². The maximum absolute atomic E-state index is 10.3. The Balaban J connectivity index is 1.51. The monoisotopic (exact) mass is 390 g/mol. The quantitative estimate of drug-likeness (QED) is 0.461. The molecule has 1 amide bonds. The largest absolute Gasteiger partial charge is 0.368 e. The summed E-state index contributed by atoms with van der Waals surface area (Å²) in [6.45, 7) is 9.61. The van der Waals surface area contributed by atoms with E-state index in [0.717, 1.165) is 42.9 Å². The number of amides is 1. The predicted octanol–water partition coefficient (Wildman–Crippen LogP) is 2.47. The van der Waals surface area contributed by atoms with Gasteiger partial charge >= 0.3 is 0 Å². The molecule has 0 saturated carbocycles. The minimum absolute atomic E-state index is 0.419. The average Bonchev–Trinajstić information content (AvgIpc) is 2.47. The Bertz CT molecular complexity index is 667. The van der Waals surface area contributed by atoms with Crippen LogP contribution in [0.1, 0.15) is 18.1 Å². The van der Waals surface area contributed by atoms with Gasteiger partial charge in [-0.15, -0.1) is 0 Å². The zero-order valence-electron chi connectivity index (χ0n) is 14.1. The molecule has 0 radical (unpaired) electrons. The second kappa shape index (κ2) is 7.07. The third kappa shape index (κ3) is 3.54. The molecular formula is C18H23BrN4O. The van der Waals surface area contributed by atoms with Crippen LogP contribution < -0.4 is 5.43 Å². The minimum Gasteiger partial charge on any atom is -0.368 e. The van der Waals surface area contributed by atoms with Gasteiger partial charge in [0, 0.05) is 42.6 Å². The van der Waals surface area contributed by atoms with Crippen molar-refractivity contribution in [3.63, 3.8) is 0 Å². The number of nitrogens with zero attached hydrogens (tertiary/aromatic N) is 3. The van der Waals surface area contributed by atoms with Crippen LogP contribution in [0.15, 0.2) is 39.5 Å². The number of likely N-dealkylation sites (tertiary alicyclic amines) is 2. The van der Waals surface area contributed by atoms with Gasteiger partial charge in [0.25, 0.3) is 0 Å². The van der Waals surface area contributed by atoms with Gasteiger partial charge in [-0.05, 0) is 25.0 Å². The molecule has 1 N–H and O–H groups in total. The van der Waals surface area contributed by atoms with Crippen molar-refractivity contribution in [3.8, 4) is 0 Å². The normalized spacial score (nSPS) is 20.5. The highest BCUT2D eigenvalue weighted by Crippen LogP contribution is 2.42. The first kappa shape index (κ1) is 17.2. The first-order chi connectivity index (χ1) is 11.5. The predicted molar refractivity (Wildman–Crippen MR) is 99.8 cm³/mol. The van der Waals surface area contributed by atoms with Crippen LogP contribution in [0.4, 0.5) is 0 Å². The summed E-state index contributed by atoms with van der Waals surface area (Å²) in [5.41, 5.74) is 6.57. The summed E-state index contributed by atoms with van der Waals surface area (Å²) >= 11 is 3.53. The van der Waals surface area contributed by atoms with E-state index in [-0.39, 0.29) is 0 Å². The maximum atomic E-state index is 10.3. The first-order valence-electron chi connectivity index (χ1n) is 8.13. The Kier molecular flexibility index (Phi) is 5.06. The number of nitrogens with one attached hydrogen (secondary N) is 1. The van der Waals surface area contributed by atoms with Crippen molar-refractivity contribution in [3.05, 3.63) is 45.6 Å². The number of rotatable bonds is 6. The van der Waals surface area contributed by atoms with Crippen LogP contribution in [0, 0.1) is 12.3 Å². The zero-order chi connectivity index (χ0) is 17.2. The molecule has 2 heterocycles. The number of aryl methyl sites for hydroxylation is 1. The number of hydrogen-bond donors (Lipinski definition) is 1. The highest BCUT2D eigenvalue weighted by Gasteiger charge is 2.51. The Hall–Kier alpha value is -1.66. The van der Waals surface area contributed by atoms with Crippen LogP contribution in [0.2, 0.25) is 0 Å². The van der Waals surface area contributed by atoms with Crippen molar-refractivity contribution in [2.24, 2.45) is 10.5 Å². The van der Waals surface area contributed by atoms with Crippen LogP contribution >= 0.6 is 15.9 Å². The van der Waals surface area contributed by atoms with Crippen molar-refractivity contribution in [1.29, 1.82) is 0 Å². The molecule has 5 nitrogen and oxygen atoms in total. The van der Waals surface area contributed by atoms with E-state index in [2.05, 4.69) is 67.4 Å². The fourth-order valence-electron chi connectivity index (χ4n) is 3.69. The Labute approximate surface area is 151 Å². The lowest BCUT2D eigenvalue weighted by Crippen LogP contribution is -2.71. The molecule has 2 saturated heterocycles. The van der Waals surface area contributed by atoms with Crippen LogP contribution in [0.25, 0.3) is 0 Å². The second-order valence-corrected chi connectivity index (χ2v) is 8.04. The molecule has 0 aromatic heterocycles. The van der Waals surface area contributed by atoms with E-state index in [1.165, 1.54) is 11.1 Å². The molecule has 2 fully saturated rings. The van der Waals surface area contributed by atoms with Gasteiger partial charge in [0.15, 0.2) is 0 Å². The number of allylic oxidation sites excluding steroid dienone is 2. The molecule has 2 aliphatic rings. The van der Waals surface area contributed by atoms with Crippen molar-refractivity contribution < 1.29 is 4.79 Å². The number of carbonyl (C=O) groups excluding carboxylic acids is 1. The highest BCUT2D eigenvalue weighted by atomic mass is 79.9. The first-order valence-corrected chi connectivity index (χ1v) is 8.93.